The van der Waals surface area contributed by atoms with Crippen molar-refractivity contribution >= 4 is 22.9 Å². The van der Waals surface area contributed by atoms with E-state index in [1.54, 1.807) is 4.90 Å². The molecular formula is C18H26N2O3S. The molecule has 1 aliphatic carbocycles. The van der Waals surface area contributed by atoms with Crippen molar-refractivity contribution in [1.29, 1.82) is 0 Å². The number of hydrogen-bond acceptors (Lipinski definition) is 5. The van der Waals surface area contributed by atoms with Crippen molar-refractivity contribution in [3.05, 3.63) is 24.0 Å². The quantitative estimate of drug-likeness (QED) is 0.761. The average molecular weight is 350 g/mol. The number of aliphatic imine (C=N–C) groups is 1. The second kappa shape index (κ2) is 6.82. The van der Waals surface area contributed by atoms with E-state index in [2.05, 4.69) is 30.1 Å². The second-order valence-electron chi connectivity index (χ2n) is 7.43. The van der Waals surface area contributed by atoms with Gasteiger partial charge in [0.05, 0.1) is 16.3 Å². The first kappa shape index (κ1) is 17.4. The predicted octanol–water partition coefficient (Wildman–Crippen LogP) is 3.76. The lowest BCUT2D eigenvalue weighted by Gasteiger charge is -2.34. The van der Waals surface area contributed by atoms with E-state index in [0.29, 0.717) is 18.3 Å². The van der Waals surface area contributed by atoms with Gasteiger partial charge in [-0.15, -0.1) is 11.8 Å². The number of allylic oxidation sites excluding steroid dienone is 1. The summed E-state index contributed by atoms with van der Waals surface area (Å²) < 4.78 is 11.5. The minimum absolute atomic E-state index is 0.148. The first-order valence-electron chi connectivity index (χ1n) is 8.56. The van der Waals surface area contributed by atoms with Gasteiger partial charge >= 0.3 is 6.09 Å². The van der Waals surface area contributed by atoms with Crippen molar-refractivity contribution in [2.75, 3.05) is 13.1 Å². The zero-order valence-corrected chi connectivity index (χ0v) is 15.6. The molecule has 0 aromatic carbocycles. The van der Waals surface area contributed by atoms with Crippen LogP contribution in [0.5, 0.6) is 0 Å². The lowest BCUT2D eigenvalue weighted by Crippen LogP contribution is -2.43. The predicted molar refractivity (Wildman–Crippen MR) is 97.4 cm³/mol. The Morgan fingerprint density at radius 2 is 2.04 bits per heavy atom. The first-order valence-corrected chi connectivity index (χ1v) is 9.44. The Balaban J connectivity index is 1.49. The third kappa shape index (κ3) is 4.35. The molecule has 24 heavy (non-hydrogen) atoms. The second-order valence-corrected chi connectivity index (χ2v) is 8.80. The van der Waals surface area contributed by atoms with E-state index in [0.717, 1.165) is 23.6 Å². The molecule has 132 valence electrons. The standard InChI is InChI=1S/C18H26N2O3S/c1-12-19-15-11-14(5-6-16(15)24-12)22-13-7-9-20(10-8-13)17(21)23-18(2,3)4/h5-6,11,13,15-16H,7-10H2,1-4H3/t15-,16-/m0/s1. The summed E-state index contributed by atoms with van der Waals surface area (Å²) in [6.07, 6.45) is 7.94. The maximum absolute atomic E-state index is 12.1. The van der Waals surface area contributed by atoms with Crippen LogP contribution in [0.25, 0.3) is 0 Å². The fourth-order valence-corrected chi connectivity index (χ4v) is 4.05. The highest BCUT2D eigenvalue weighted by Crippen LogP contribution is 2.33. The third-order valence-electron chi connectivity index (χ3n) is 4.16. The van der Waals surface area contributed by atoms with Crippen molar-refractivity contribution in [3.63, 3.8) is 0 Å². The van der Waals surface area contributed by atoms with Crippen molar-refractivity contribution in [3.8, 4) is 0 Å². The Hall–Kier alpha value is -1.43. The van der Waals surface area contributed by atoms with Gasteiger partial charge in [0.25, 0.3) is 0 Å². The Labute approximate surface area is 148 Å². The van der Waals surface area contributed by atoms with E-state index in [9.17, 15) is 4.79 Å². The van der Waals surface area contributed by atoms with Gasteiger partial charge in [-0.3, -0.25) is 4.99 Å². The Morgan fingerprint density at radius 3 is 2.71 bits per heavy atom. The van der Waals surface area contributed by atoms with Gasteiger partial charge in [-0.2, -0.15) is 0 Å². The maximum Gasteiger partial charge on any atom is 0.410 e. The van der Waals surface area contributed by atoms with Crippen LogP contribution in [-0.4, -0.2) is 52.1 Å². The summed E-state index contributed by atoms with van der Waals surface area (Å²) >= 11 is 1.81. The smallest absolute Gasteiger partial charge is 0.410 e. The average Bonchev–Trinajstić information content (AvgIpc) is 2.85. The van der Waals surface area contributed by atoms with Crippen molar-refractivity contribution in [2.45, 2.75) is 63.5 Å². The van der Waals surface area contributed by atoms with Gasteiger partial charge in [-0.25, -0.2) is 4.79 Å². The molecule has 0 aromatic heterocycles. The van der Waals surface area contributed by atoms with E-state index in [4.69, 9.17) is 9.47 Å². The molecule has 3 aliphatic rings. The lowest BCUT2D eigenvalue weighted by atomic mass is 10.1. The number of likely N-dealkylation sites (tertiary alicyclic amines) is 1. The molecule has 0 bridgehead atoms. The van der Waals surface area contributed by atoms with Crippen molar-refractivity contribution in [2.24, 2.45) is 4.99 Å². The Morgan fingerprint density at radius 1 is 1.33 bits per heavy atom. The highest BCUT2D eigenvalue weighted by atomic mass is 32.2. The first-order chi connectivity index (χ1) is 11.3. The molecular weight excluding hydrogens is 324 g/mol. The van der Waals surface area contributed by atoms with E-state index in [1.807, 2.05) is 32.5 Å². The number of piperidine rings is 1. The molecule has 0 N–H and O–H groups in total. The molecule has 1 fully saturated rings. The molecule has 6 heteroatoms. The van der Waals surface area contributed by atoms with Gasteiger partial charge in [0, 0.05) is 25.9 Å². The molecule has 2 atom stereocenters. The van der Waals surface area contributed by atoms with Gasteiger partial charge in [-0.05, 0) is 39.8 Å². The van der Waals surface area contributed by atoms with Crippen molar-refractivity contribution < 1.29 is 14.3 Å². The molecule has 5 nitrogen and oxygen atoms in total. The van der Waals surface area contributed by atoms with E-state index in [-0.39, 0.29) is 18.2 Å². The Kier molecular flexibility index (Phi) is 4.95. The van der Waals surface area contributed by atoms with Crippen LogP contribution in [0.2, 0.25) is 0 Å². The number of fused-ring (bicyclic) bond motifs is 1. The van der Waals surface area contributed by atoms with Gasteiger partial charge in [0.15, 0.2) is 0 Å². The van der Waals surface area contributed by atoms with Crippen LogP contribution in [-0.2, 0) is 9.47 Å². The van der Waals surface area contributed by atoms with Crippen molar-refractivity contribution in [1.82, 2.24) is 4.90 Å². The molecule has 0 unspecified atom stereocenters. The molecule has 0 radical (unpaired) electrons. The normalized spacial score (nSPS) is 27.4. The lowest BCUT2D eigenvalue weighted by molar-refractivity contribution is 0.00540. The minimum Gasteiger partial charge on any atom is -0.491 e. The molecule has 0 spiro atoms. The van der Waals surface area contributed by atoms with E-state index in [1.165, 1.54) is 0 Å². The SMILES string of the molecule is CC1=N[C@H]2C=C(OC3CCN(C(=O)OC(C)(C)C)CC3)C=C[C@@H]2S1. The van der Waals surface area contributed by atoms with Crippen LogP contribution >= 0.6 is 11.8 Å². The number of carbonyl (C=O) groups is 1. The number of nitrogens with zero attached hydrogens (tertiary/aromatic N) is 2. The summed E-state index contributed by atoms with van der Waals surface area (Å²) in [7, 11) is 0. The Bertz CT molecular complexity index is 584. The minimum atomic E-state index is -0.448. The van der Waals surface area contributed by atoms with Gasteiger partial charge in [0.2, 0.25) is 0 Å². The van der Waals surface area contributed by atoms with Crippen LogP contribution in [0.1, 0.15) is 40.5 Å². The topological polar surface area (TPSA) is 51.1 Å². The molecule has 3 rings (SSSR count). The molecule has 2 aliphatic heterocycles. The number of ether oxygens (including phenoxy) is 2. The summed E-state index contributed by atoms with van der Waals surface area (Å²) in [6, 6.07) is 0.205. The van der Waals surface area contributed by atoms with E-state index < -0.39 is 5.60 Å². The highest BCUT2D eigenvalue weighted by Gasteiger charge is 2.30. The van der Waals surface area contributed by atoms with Gasteiger partial charge in [0.1, 0.15) is 17.5 Å². The summed E-state index contributed by atoms with van der Waals surface area (Å²) in [5, 5.41) is 1.56. The number of carbonyl (C=O) groups excluding carboxylic acids is 1. The highest BCUT2D eigenvalue weighted by molar-refractivity contribution is 8.14. The summed E-state index contributed by atoms with van der Waals surface area (Å²) in [5.41, 5.74) is -0.448. The third-order valence-corrected chi connectivity index (χ3v) is 5.31. The number of hydrogen-bond donors (Lipinski definition) is 0. The van der Waals surface area contributed by atoms with Crippen LogP contribution in [0.4, 0.5) is 4.79 Å². The molecule has 0 saturated carbocycles. The molecule has 2 heterocycles. The van der Waals surface area contributed by atoms with Crippen LogP contribution in [0.15, 0.2) is 29.0 Å². The molecule has 1 saturated heterocycles. The van der Waals surface area contributed by atoms with E-state index >= 15 is 0 Å². The number of amides is 1. The van der Waals surface area contributed by atoms with Gasteiger partial charge < -0.3 is 14.4 Å². The van der Waals surface area contributed by atoms with Crippen LogP contribution in [0, 0.1) is 0 Å². The maximum atomic E-state index is 12.1. The largest absolute Gasteiger partial charge is 0.491 e. The molecule has 1 amide bonds. The van der Waals surface area contributed by atoms with Crippen LogP contribution < -0.4 is 0 Å². The summed E-state index contributed by atoms with van der Waals surface area (Å²) in [4.78, 5) is 18.5. The summed E-state index contributed by atoms with van der Waals surface area (Å²) in [6.45, 7) is 9.08. The van der Waals surface area contributed by atoms with Gasteiger partial charge in [-0.1, -0.05) is 6.08 Å². The summed E-state index contributed by atoms with van der Waals surface area (Å²) in [5.74, 6) is 0.908. The fraction of sp³-hybridized carbons (Fsp3) is 0.667. The number of rotatable bonds is 2. The zero-order valence-electron chi connectivity index (χ0n) is 14.8. The fourth-order valence-electron chi connectivity index (χ4n) is 3.03. The number of thioether (sulfide) groups is 1. The molecule has 0 aromatic rings. The van der Waals surface area contributed by atoms with Crippen LogP contribution in [0.3, 0.4) is 0 Å². The zero-order chi connectivity index (χ0) is 17.3. The monoisotopic (exact) mass is 350 g/mol.